The van der Waals surface area contributed by atoms with E-state index in [1.807, 2.05) is 11.9 Å². The highest BCUT2D eigenvalue weighted by molar-refractivity contribution is 9.10. The zero-order chi connectivity index (χ0) is 12.3. The van der Waals surface area contributed by atoms with Gasteiger partial charge in [-0.25, -0.2) is 4.39 Å². The number of nitrogens with zero attached hydrogens (tertiary/aromatic N) is 1. The summed E-state index contributed by atoms with van der Waals surface area (Å²) >= 11 is 3.31. The Kier molecular flexibility index (Phi) is 4.47. The molecule has 16 heavy (non-hydrogen) atoms. The molecule has 0 spiro atoms. The molecule has 0 unspecified atom stereocenters. The number of rotatable bonds is 4. The van der Waals surface area contributed by atoms with Crippen molar-refractivity contribution in [1.82, 2.24) is 4.90 Å². The molecule has 0 saturated carbocycles. The van der Waals surface area contributed by atoms with Crippen LogP contribution in [0.15, 0.2) is 22.7 Å². The average Bonchev–Trinajstić information content (AvgIpc) is 2.08. The zero-order valence-electron chi connectivity index (χ0n) is 9.80. The minimum atomic E-state index is -0.767. The summed E-state index contributed by atoms with van der Waals surface area (Å²) in [6.07, 6.45) is 0. The van der Waals surface area contributed by atoms with Crippen LogP contribution in [0.3, 0.4) is 0 Å². The van der Waals surface area contributed by atoms with Crippen molar-refractivity contribution in [1.29, 1.82) is 0 Å². The molecule has 0 saturated heterocycles. The van der Waals surface area contributed by atoms with Crippen molar-refractivity contribution in [2.45, 2.75) is 26.0 Å². The van der Waals surface area contributed by atoms with Gasteiger partial charge in [-0.1, -0.05) is 15.9 Å². The Morgan fingerprint density at radius 1 is 1.44 bits per heavy atom. The molecule has 1 aromatic carbocycles. The molecular weight excluding hydrogens is 273 g/mol. The van der Waals surface area contributed by atoms with E-state index in [9.17, 15) is 9.50 Å². The van der Waals surface area contributed by atoms with Crippen LogP contribution in [-0.2, 0) is 6.54 Å². The normalized spacial score (nSPS) is 12.2. The van der Waals surface area contributed by atoms with E-state index in [4.69, 9.17) is 0 Å². The molecule has 1 aromatic rings. The van der Waals surface area contributed by atoms with Crippen molar-refractivity contribution in [3.63, 3.8) is 0 Å². The lowest BCUT2D eigenvalue weighted by molar-refractivity contribution is 0.0422. The summed E-state index contributed by atoms with van der Waals surface area (Å²) in [6.45, 7) is 4.45. The molecule has 0 bridgehead atoms. The van der Waals surface area contributed by atoms with Gasteiger partial charge in [0.15, 0.2) is 0 Å². The fourth-order valence-corrected chi connectivity index (χ4v) is 2.08. The predicted octanol–water partition coefficient (Wildman–Crippen LogP) is 2.79. The van der Waals surface area contributed by atoms with E-state index in [0.717, 1.165) is 4.47 Å². The summed E-state index contributed by atoms with van der Waals surface area (Å²) in [6, 6.07) is 4.88. The minimum Gasteiger partial charge on any atom is -0.389 e. The van der Waals surface area contributed by atoms with E-state index >= 15 is 0 Å². The lowest BCUT2D eigenvalue weighted by Gasteiger charge is -2.25. The van der Waals surface area contributed by atoms with Crippen LogP contribution in [0.1, 0.15) is 19.4 Å². The number of hydrogen-bond acceptors (Lipinski definition) is 2. The molecule has 0 heterocycles. The van der Waals surface area contributed by atoms with E-state index < -0.39 is 5.60 Å². The van der Waals surface area contributed by atoms with Crippen LogP contribution in [-0.4, -0.2) is 29.2 Å². The van der Waals surface area contributed by atoms with Gasteiger partial charge in [0.1, 0.15) is 5.82 Å². The first-order chi connectivity index (χ1) is 7.28. The number of aliphatic hydroxyl groups is 1. The van der Waals surface area contributed by atoms with Gasteiger partial charge < -0.3 is 5.11 Å². The Labute approximate surface area is 104 Å². The monoisotopic (exact) mass is 289 g/mol. The molecular formula is C12H17BrFNO. The van der Waals surface area contributed by atoms with Crippen molar-refractivity contribution < 1.29 is 9.50 Å². The number of halogens is 2. The summed E-state index contributed by atoms with van der Waals surface area (Å²) in [5.41, 5.74) is -0.141. The van der Waals surface area contributed by atoms with Crippen LogP contribution < -0.4 is 0 Å². The molecule has 1 rings (SSSR count). The lowest BCUT2D eigenvalue weighted by atomic mass is 10.1. The molecule has 0 aliphatic rings. The van der Waals surface area contributed by atoms with Crippen LogP contribution in [0.5, 0.6) is 0 Å². The van der Waals surface area contributed by atoms with E-state index in [-0.39, 0.29) is 5.82 Å². The summed E-state index contributed by atoms with van der Waals surface area (Å²) in [4.78, 5) is 1.89. The molecule has 0 amide bonds. The molecule has 0 fully saturated rings. The smallest absolute Gasteiger partial charge is 0.127 e. The molecule has 1 N–H and O–H groups in total. The molecule has 0 aliphatic heterocycles. The van der Waals surface area contributed by atoms with Crippen molar-refractivity contribution in [3.05, 3.63) is 34.1 Å². The Hall–Kier alpha value is -0.450. The first-order valence-electron chi connectivity index (χ1n) is 5.13. The van der Waals surface area contributed by atoms with Crippen LogP contribution in [0.2, 0.25) is 0 Å². The molecule has 90 valence electrons. The van der Waals surface area contributed by atoms with Gasteiger partial charge in [-0.2, -0.15) is 0 Å². The quantitative estimate of drug-likeness (QED) is 0.921. The van der Waals surface area contributed by atoms with Gasteiger partial charge in [-0.15, -0.1) is 0 Å². The van der Waals surface area contributed by atoms with Gasteiger partial charge in [-0.3, -0.25) is 4.90 Å². The second-order valence-corrected chi connectivity index (χ2v) is 5.64. The summed E-state index contributed by atoms with van der Waals surface area (Å²) in [5.74, 6) is -0.217. The Morgan fingerprint density at radius 2 is 2.06 bits per heavy atom. The summed E-state index contributed by atoms with van der Waals surface area (Å²) in [5, 5.41) is 9.65. The molecule has 0 aromatic heterocycles. The van der Waals surface area contributed by atoms with E-state index in [1.165, 1.54) is 6.07 Å². The highest BCUT2D eigenvalue weighted by Crippen LogP contribution is 2.17. The second kappa shape index (κ2) is 5.25. The van der Waals surface area contributed by atoms with Crippen molar-refractivity contribution in [2.24, 2.45) is 0 Å². The van der Waals surface area contributed by atoms with Crippen LogP contribution in [0.25, 0.3) is 0 Å². The fraction of sp³-hybridized carbons (Fsp3) is 0.500. The highest BCUT2D eigenvalue weighted by Gasteiger charge is 2.16. The van der Waals surface area contributed by atoms with E-state index in [2.05, 4.69) is 15.9 Å². The summed E-state index contributed by atoms with van der Waals surface area (Å²) < 4.78 is 14.3. The maximum Gasteiger partial charge on any atom is 0.127 e. The zero-order valence-corrected chi connectivity index (χ0v) is 11.4. The SMILES string of the molecule is CN(Cc1cc(Br)ccc1F)CC(C)(C)O. The Bertz CT molecular complexity index is 363. The first kappa shape index (κ1) is 13.6. The lowest BCUT2D eigenvalue weighted by Crippen LogP contribution is -2.35. The third-order valence-corrected chi connectivity index (χ3v) is 2.60. The Balaban J connectivity index is 2.69. The average molecular weight is 290 g/mol. The first-order valence-corrected chi connectivity index (χ1v) is 5.92. The molecule has 4 heteroatoms. The van der Waals surface area contributed by atoms with Gasteiger partial charge in [-0.05, 0) is 39.1 Å². The topological polar surface area (TPSA) is 23.5 Å². The Morgan fingerprint density at radius 3 is 2.62 bits per heavy atom. The minimum absolute atomic E-state index is 0.217. The van der Waals surface area contributed by atoms with Crippen molar-refractivity contribution in [2.75, 3.05) is 13.6 Å². The van der Waals surface area contributed by atoms with Gasteiger partial charge in [0.25, 0.3) is 0 Å². The number of likely N-dealkylation sites (N-methyl/N-ethyl adjacent to an activating group) is 1. The third-order valence-electron chi connectivity index (χ3n) is 2.10. The van der Waals surface area contributed by atoms with Crippen molar-refractivity contribution in [3.8, 4) is 0 Å². The standard InChI is InChI=1S/C12H17BrFNO/c1-12(2,16)8-15(3)7-9-6-10(13)4-5-11(9)14/h4-6,16H,7-8H2,1-3H3. The maximum atomic E-state index is 13.5. The molecule has 2 nitrogen and oxygen atoms in total. The van der Waals surface area contributed by atoms with Crippen molar-refractivity contribution >= 4 is 15.9 Å². The van der Waals surface area contributed by atoms with E-state index in [1.54, 1.807) is 26.0 Å². The van der Waals surface area contributed by atoms with Gasteiger partial charge in [0.2, 0.25) is 0 Å². The summed E-state index contributed by atoms with van der Waals surface area (Å²) in [7, 11) is 1.86. The van der Waals surface area contributed by atoms with Gasteiger partial charge in [0, 0.05) is 23.1 Å². The molecule has 0 aliphatic carbocycles. The number of hydrogen-bond donors (Lipinski definition) is 1. The molecule has 0 atom stereocenters. The third kappa shape index (κ3) is 4.60. The highest BCUT2D eigenvalue weighted by atomic mass is 79.9. The van der Waals surface area contributed by atoms with Crippen LogP contribution in [0.4, 0.5) is 4.39 Å². The van der Waals surface area contributed by atoms with Gasteiger partial charge >= 0.3 is 0 Å². The maximum absolute atomic E-state index is 13.5. The predicted molar refractivity (Wildman–Crippen MR) is 66.7 cm³/mol. The van der Waals surface area contributed by atoms with Gasteiger partial charge in [0.05, 0.1) is 5.60 Å². The fourth-order valence-electron chi connectivity index (χ4n) is 1.67. The largest absolute Gasteiger partial charge is 0.389 e. The van der Waals surface area contributed by atoms with Crippen LogP contribution in [0, 0.1) is 5.82 Å². The van der Waals surface area contributed by atoms with Crippen LogP contribution >= 0.6 is 15.9 Å². The second-order valence-electron chi connectivity index (χ2n) is 4.72. The van der Waals surface area contributed by atoms with E-state index in [0.29, 0.717) is 18.7 Å². The number of benzene rings is 1. The molecule has 0 radical (unpaired) electrons.